The van der Waals surface area contributed by atoms with Crippen molar-refractivity contribution >= 4 is 23.9 Å². The number of imide groups is 1. The maximum absolute atomic E-state index is 13.7. The molecule has 0 saturated carbocycles. The fourth-order valence-corrected chi connectivity index (χ4v) is 4.66. The van der Waals surface area contributed by atoms with Crippen molar-refractivity contribution in [3.8, 4) is 28.8 Å². The second-order valence-electron chi connectivity index (χ2n) is 10.8. The smallest absolute Gasteiger partial charge is 0.302 e. The van der Waals surface area contributed by atoms with Crippen LogP contribution in [-0.4, -0.2) is 65.4 Å². The van der Waals surface area contributed by atoms with E-state index in [0.717, 1.165) is 27.5 Å². The van der Waals surface area contributed by atoms with Crippen LogP contribution in [0.3, 0.4) is 0 Å². The Morgan fingerprint density at radius 1 is 1.05 bits per heavy atom. The lowest BCUT2D eigenvalue weighted by atomic mass is 9.93. The number of esters is 1. The molecule has 2 amide bonds. The molecule has 2 aromatic carbocycles. The number of para-hydroxylation sites is 1. The largest absolute Gasteiger partial charge is 0.493 e. The summed E-state index contributed by atoms with van der Waals surface area (Å²) >= 11 is 0. The van der Waals surface area contributed by atoms with Crippen LogP contribution in [0.1, 0.15) is 38.8 Å². The van der Waals surface area contributed by atoms with Crippen molar-refractivity contribution in [2.24, 2.45) is 5.92 Å². The fraction of sp³-hybridized carbons (Fsp3) is 0.324. The number of amides is 2. The maximum atomic E-state index is 13.7. The summed E-state index contributed by atoms with van der Waals surface area (Å²) in [6.45, 7) is 9.77. The van der Waals surface area contributed by atoms with Gasteiger partial charge in [0.2, 0.25) is 0 Å². The molecule has 0 saturated heterocycles. The Balaban J connectivity index is 1.73. The van der Waals surface area contributed by atoms with E-state index in [-0.39, 0.29) is 37.5 Å². The highest BCUT2D eigenvalue weighted by Crippen LogP contribution is 2.33. The Labute approximate surface area is 257 Å². The third-order valence-electron chi connectivity index (χ3n) is 6.92. The highest BCUT2D eigenvalue weighted by Gasteiger charge is 2.35. The third kappa shape index (κ3) is 7.49. The normalized spacial score (nSPS) is 14.4. The highest BCUT2D eigenvalue weighted by molar-refractivity contribution is 6.19. The average molecular weight is 597 g/mol. The zero-order valence-corrected chi connectivity index (χ0v) is 25.6. The van der Waals surface area contributed by atoms with Crippen LogP contribution >= 0.6 is 0 Å². The summed E-state index contributed by atoms with van der Waals surface area (Å²) in [7, 11) is 0. The van der Waals surface area contributed by atoms with E-state index in [2.05, 4.69) is 13.8 Å². The molecule has 0 aliphatic carbocycles. The molecule has 0 N–H and O–H groups in total. The predicted octanol–water partition coefficient (Wildman–Crippen LogP) is 5.05. The first-order valence-corrected chi connectivity index (χ1v) is 14.4. The Kier molecular flexibility index (Phi) is 10.5. The minimum absolute atomic E-state index is 0.0192. The number of hydrogen-bond donors (Lipinski definition) is 0. The average Bonchev–Trinajstić information content (AvgIpc) is 3.41. The van der Waals surface area contributed by atoms with Gasteiger partial charge in [0.05, 0.1) is 32.1 Å². The molecule has 10 heteroatoms. The highest BCUT2D eigenvalue weighted by atomic mass is 16.6. The topological polar surface area (TPSA) is 124 Å². The number of hydrogen-bond acceptors (Lipinski definition) is 8. The van der Waals surface area contributed by atoms with Gasteiger partial charge in [-0.2, -0.15) is 10.4 Å². The first kappa shape index (κ1) is 31.9. The Morgan fingerprint density at radius 3 is 2.45 bits per heavy atom. The summed E-state index contributed by atoms with van der Waals surface area (Å²) in [5.41, 5.74) is 4.28. The van der Waals surface area contributed by atoms with E-state index in [9.17, 15) is 19.6 Å². The van der Waals surface area contributed by atoms with Crippen LogP contribution in [-0.2, 0) is 23.9 Å². The van der Waals surface area contributed by atoms with Crippen molar-refractivity contribution in [2.75, 3.05) is 33.0 Å². The number of nitriles is 1. The fourth-order valence-electron chi connectivity index (χ4n) is 4.66. The van der Waals surface area contributed by atoms with E-state index in [4.69, 9.17) is 19.3 Å². The molecule has 0 radical (unpaired) electrons. The standard InChI is InChI=1S/C34H36N4O6/c1-22(2)21-44-28-11-12-29(23(3)17-28)32-26(20-38(36-32)27-9-7-6-8-10-27)18-30-24(4)31(19-35)34(41)37(33(30)40)13-14-42-15-16-43-25(5)39/h6-12,17-18,20,22H,13-16,21H2,1-5H3/b30-18+. The monoisotopic (exact) mass is 596 g/mol. The van der Waals surface area contributed by atoms with Crippen molar-refractivity contribution in [3.63, 3.8) is 0 Å². The molecule has 44 heavy (non-hydrogen) atoms. The molecular formula is C34H36N4O6. The minimum atomic E-state index is -0.677. The molecule has 0 atom stereocenters. The minimum Gasteiger partial charge on any atom is -0.493 e. The van der Waals surface area contributed by atoms with Gasteiger partial charge in [0.1, 0.15) is 29.7 Å². The van der Waals surface area contributed by atoms with Crippen molar-refractivity contribution in [1.82, 2.24) is 14.7 Å². The molecule has 0 spiro atoms. The van der Waals surface area contributed by atoms with Crippen LogP contribution < -0.4 is 4.74 Å². The summed E-state index contributed by atoms with van der Waals surface area (Å²) in [6, 6.07) is 17.4. The molecule has 3 aromatic rings. The quantitative estimate of drug-likeness (QED) is 0.123. The van der Waals surface area contributed by atoms with Gasteiger partial charge in [0.15, 0.2) is 0 Å². The molecule has 228 valence electrons. The molecule has 0 fully saturated rings. The second-order valence-corrected chi connectivity index (χ2v) is 10.8. The molecule has 0 unspecified atom stereocenters. The first-order valence-electron chi connectivity index (χ1n) is 14.4. The number of rotatable bonds is 12. The van der Waals surface area contributed by atoms with E-state index in [1.165, 1.54) is 6.92 Å². The number of carbonyl (C=O) groups is 3. The number of aryl methyl sites for hydroxylation is 1. The first-order chi connectivity index (χ1) is 21.1. The van der Waals surface area contributed by atoms with E-state index in [1.54, 1.807) is 17.7 Å². The van der Waals surface area contributed by atoms with Gasteiger partial charge in [0, 0.05) is 29.8 Å². The Hall–Kier alpha value is -5.01. The number of nitrogens with zero attached hydrogens (tertiary/aromatic N) is 4. The van der Waals surface area contributed by atoms with Gasteiger partial charge in [0.25, 0.3) is 11.8 Å². The van der Waals surface area contributed by atoms with Gasteiger partial charge in [-0.25, -0.2) is 4.68 Å². The zero-order valence-electron chi connectivity index (χ0n) is 25.6. The van der Waals surface area contributed by atoms with Crippen LogP contribution in [0.5, 0.6) is 5.75 Å². The van der Waals surface area contributed by atoms with Gasteiger partial charge in [-0.05, 0) is 67.3 Å². The zero-order chi connectivity index (χ0) is 31.8. The molecule has 1 aromatic heterocycles. The number of carbonyl (C=O) groups excluding carboxylic acids is 3. The molecule has 1 aliphatic heterocycles. The predicted molar refractivity (Wildman–Crippen MR) is 165 cm³/mol. The summed E-state index contributed by atoms with van der Waals surface area (Å²) in [5.74, 6) is -0.501. The summed E-state index contributed by atoms with van der Waals surface area (Å²) in [4.78, 5) is 38.7. The van der Waals surface area contributed by atoms with Crippen LogP contribution in [0.15, 0.2) is 71.4 Å². The summed E-state index contributed by atoms with van der Waals surface area (Å²) < 4.78 is 17.9. The molecular weight excluding hydrogens is 560 g/mol. The molecule has 10 nitrogen and oxygen atoms in total. The van der Waals surface area contributed by atoms with Crippen LogP contribution in [0.25, 0.3) is 23.0 Å². The lowest BCUT2D eigenvalue weighted by Crippen LogP contribution is -2.44. The molecule has 4 rings (SSSR count). The van der Waals surface area contributed by atoms with Crippen molar-refractivity contribution in [3.05, 3.63) is 82.6 Å². The van der Waals surface area contributed by atoms with Crippen LogP contribution in [0.2, 0.25) is 0 Å². The third-order valence-corrected chi connectivity index (χ3v) is 6.92. The number of ether oxygens (including phenoxy) is 3. The maximum Gasteiger partial charge on any atom is 0.302 e. The summed E-state index contributed by atoms with van der Waals surface area (Å²) in [6.07, 6.45) is 3.51. The van der Waals surface area contributed by atoms with E-state index in [0.29, 0.717) is 29.4 Å². The van der Waals surface area contributed by atoms with Gasteiger partial charge in [-0.3, -0.25) is 19.3 Å². The van der Waals surface area contributed by atoms with Gasteiger partial charge >= 0.3 is 5.97 Å². The van der Waals surface area contributed by atoms with Crippen molar-refractivity contribution in [2.45, 2.75) is 34.6 Å². The Morgan fingerprint density at radius 2 is 1.80 bits per heavy atom. The lowest BCUT2D eigenvalue weighted by molar-refractivity contribution is -0.142. The molecule has 1 aliphatic rings. The number of aromatic nitrogens is 2. The van der Waals surface area contributed by atoms with E-state index < -0.39 is 17.8 Å². The molecule has 2 heterocycles. The Bertz CT molecular complexity index is 1650. The number of benzene rings is 2. The molecule has 0 bridgehead atoms. The van der Waals surface area contributed by atoms with Crippen LogP contribution in [0.4, 0.5) is 0 Å². The van der Waals surface area contributed by atoms with E-state index >= 15 is 0 Å². The van der Waals surface area contributed by atoms with E-state index in [1.807, 2.05) is 67.7 Å². The van der Waals surface area contributed by atoms with Gasteiger partial charge < -0.3 is 14.2 Å². The second kappa shape index (κ2) is 14.4. The van der Waals surface area contributed by atoms with Crippen LogP contribution in [0, 0.1) is 24.2 Å². The summed E-state index contributed by atoms with van der Waals surface area (Å²) in [5, 5.41) is 14.7. The van der Waals surface area contributed by atoms with Crippen molar-refractivity contribution < 1.29 is 28.6 Å². The van der Waals surface area contributed by atoms with Gasteiger partial charge in [-0.1, -0.05) is 32.0 Å². The lowest BCUT2D eigenvalue weighted by Gasteiger charge is -2.27. The van der Waals surface area contributed by atoms with Gasteiger partial charge in [-0.15, -0.1) is 0 Å². The van der Waals surface area contributed by atoms with Crippen molar-refractivity contribution in [1.29, 1.82) is 5.26 Å². The SMILES string of the molecule is CC(=O)OCCOCCN1C(=O)C(C#N)=C(C)/C(=C\c2cn(-c3ccccc3)nc2-c2ccc(OCC(C)C)cc2C)C1=O.